The fourth-order valence-corrected chi connectivity index (χ4v) is 1.46. The van der Waals surface area contributed by atoms with Crippen molar-refractivity contribution in [2.75, 3.05) is 40.4 Å². The van der Waals surface area contributed by atoms with Crippen molar-refractivity contribution >= 4 is 0 Å². The predicted molar refractivity (Wildman–Crippen MR) is 64.3 cm³/mol. The quantitative estimate of drug-likeness (QED) is 0.638. The largest absolute Gasteiger partial charge is 0.383 e. The molecule has 0 saturated carbocycles. The molecular formula is C11H22N4O. The van der Waals surface area contributed by atoms with Crippen molar-refractivity contribution in [1.82, 2.24) is 19.8 Å². The molecule has 5 nitrogen and oxygen atoms in total. The first-order chi connectivity index (χ1) is 7.74. The molecule has 0 radical (unpaired) electrons. The van der Waals surface area contributed by atoms with Gasteiger partial charge in [-0.05, 0) is 7.05 Å². The molecule has 92 valence electrons. The molecule has 1 aromatic heterocycles. The van der Waals surface area contributed by atoms with Crippen molar-refractivity contribution in [2.45, 2.75) is 6.54 Å². The lowest BCUT2D eigenvalue weighted by atomic mass is 10.4. The van der Waals surface area contributed by atoms with Crippen LogP contribution in [0.1, 0.15) is 5.69 Å². The van der Waals surface area contributed by atoms with Crippen LogP contribution in [0.2, 0.25) is 0 Å². The minimum Gasteiger partial charge on any atom is -0.383 e. The molecule has 0 aromatic carbocycles. The molecule has 1 N–H and O–H groups in total. The SMILES string of the molecule is COCCNCCN(C)Cc1cncn1C. The molecule has 0 aliphatic carbocycles. The van der Waals surface area contributed by atoms with Gasteiger partial charge < -0.3 is 14.6 Å². The van der Waals surface area contributed by atoms with Crippen LogP contribution in [0, 0.1) is 0 Å². The van der Waals surface area contributed by atoms with E-state index in [1.807, 2.05) is 19.6 Å². The molecule has 5 heteroatoms. The Morgan fingerprint density at radius 3 is 2.94 bits per heavy atom. The van der Waals surface area contributed by atoms with Crippen molar-refractivity contribution in [3.05, 3.63) is 18.2 Å². The minimum atomic E-state index is 0.769. The first-order valence-electron chi connectivity index (χ1n) is 5.57. The van der Waals surface area contributed by atoms with E-state index < -0.39 is 0 Å². The molecule has 0 bridgehead atoms. The van der Waals surface area contributed by atoms with Gasteiger partial charge in [0.1, 0.15) is 0 Å². The van der Waals surface area contributed by atoms with Crippen molar-refractivity contribution in [3.8, 4) is 0 Å². The molecular weight excluding hydrogens is 204 g/mol. The number of aryl methyl sites for hydroxylation is 1. The summed E-state index contributed by atoms with van der Waals surface area (Å²) < 4.78 is 7.01. The number of methoxy groups -OCH3 is 1. The smallest absolute Gasteiger partial charge is 0.0945 e. The molecule has 0 saturated heterocycles. The van der Waals surface area contributed by atoms with Crippen molar-refractivity contribution in [2.24, 2.45) is 7.05 Å². The normalized spacial score (nSPS) is 11.2. The maximum atomic E-state index is 4.96. The topological polar surface area (TPSA) is 42.3 Å². The zero-order valence-electron chi connectivity index (χ0n) is 10.4. The summed E-state index contributed by atoms with van der Waals surface area (Å²) in [5.74, 6) is 0. The van der Waals surface area contributed by atoms with Crippen LogP contribution in [0.25, 0.3) is 0 Å². The fourth-order valence-electron chi connectivity index (χ4n) is 1.46. The van der Waals surface area contributed by atoms with Crippen LogP contribution in [0.15, 0.2) is 12.5 Å². The van der Waals surface area contributed by atoms with Crippen LogP contribution in [0.3, 0.4) is 0 Å². The molecule has 0 spiro atoms. The van der Waals surface area contributed by atoms with E-state index in [9.17, 15) is 0 Å². The molecule has 0 aliphatic heterocycles. The number of likely N-dealkylation sites (N-methyl/N-ethyl adjacent to an activating group) is 1. The van der Waals surface area contributed by atoms with Crippen molar-refractivity contribution in [1.29, 1.82) is 0 Å². The maximum absolute atomic E-state index is 4.96. The monoisotopic (exact) mass is 226 g/mol. The first kappa shape index (κ1) is 13.2. The van der Waals surface area contributed by atoms with Crippen LogP contribution in [-0.4, -0.2) is 54.8 Å². The molecule has 1 heterocycles. The lowest BCUT2D eigenvalue weighted by Gasteiger charge is -2.16. The highest BCUT2D eigenvalue weighted by Crippen LogP contribution is 1.99. The van der Waals surface area contributed by atoms with Gasteiger partial charge in [-0.1, -0.05) is 0 Å². The van der Waals surface area contributed by atoms with E-state index in [0.29, 0.717) is 0 Å². The maximum Gasteiger partial charge on any atom is 0.0945 e. The number of imidazole rings is 1. The minimum absolute atomic E-state index is 0.769. The van der Waals surface area contributed by atoms with Crippen LogP contribution in [0.5, 0.6) is 0 Å². The predicted octanol–water partition coefficient (Wildman–Crippen LogP) is 0.0879. The number of nitrogens with one attached hydrogen (secondary N) is 1. The van der Waals surface area contributed by atoms with E-state index in [0.717, 1.165) is 32.8 Å². The second kappa shape index (κ2) is 7.38. The Labute approximate surface area is 97.4 Å². The van der Waals surface area contributed by atoms with Crippen LogP contribution in [-0.2, 0) is 18.3 Å². The molecule has 1 aromatic rings. The zero-order valence-corrected chi connectivity index (χ0v) is 10.4. The van der Waals surface area contributed by atoms with Gasteiger partial charge in [0, 0.05) is 46.5 Å². The number of hydrogen-bond acceptors (Lipinski definition) is 4. The summed E-state index contributed by atoms with van der Waals surface area (Å²) in [5, 5.41) is 3.32. The van der Waals surface area contributed by atoms with Crippen LogP contribution in [0.4, 0.5) is 0 Å². The van der Waals surface area contributed by atoms with E-state index in [-0.39, 0.29) is 0 Å². The molecule has 1 rings (SSSR count). The summed E-state index contributed by atoms with van der Waals surface area (Å²) in [6.45, 7) is 4.62. The summed E-state index contributed by atoms with van der Waals surface area (Å²) in [6, 6.07) is 0. The van der Waals surface area contributed by atoms with Crippen LogP contribution >= 0.6 is 0 Å². The van der Waals surface area contributed by atoms with Gasteiger partial charge in [0.25, 0.3) is 0 Å². The third-order valence-electron chi connectivity index (χ3n) is 2.50. The second-order valence-electron chi connectivity index (χ2n) is 3.98. The Morgan fingerprint density at radius 1 is 1.50 bits per heavy atom. The van der Waals surface area contributed by atoms with Gasteiger partial charge in [-0.2, -0.15) is 0 Å². The summed E-state index contributed by atoms with van der Waals surface area (Å²) >= 11 is 0. The summed E-state index contributed by atoms with van der Waals surface area (Å²) in [5.41, 5.74) is 1.24. The standard InChI is InChI=1S/C11H22N4O/c1-14(6-4-12-5-7-16-3)9-11-8-13-10-15(11)2/h8,10,12H,4-7,9H2,1-3H3. The molecule has 0 atom stereocenters. The Hall–Kier alpha value is -0.910. The zero-order chi connectivity index (χ0) is 11.8. The van der Waals surface area contributed by atoms with Gasteiger partial charge >= 0.3 is 0 Å². The van der Waals surface area contributed by atoms with E-state index in [1.165, 1.54) is 5.69 Å². The molecule has 0 aliphatic rings. The lowest BCUT2D eigenvalue weighted by Crippen LogP contribution is -2.31. The number of rotatable bonds is 8. The first-order valence-corrected chi connectivity index (χ1v) is 5.57. The Balaban J connectivity index is 2.11. The van der Waals surface area contributed by atoms with Gasteiger partial charge in [0.15, 0.2) is 0 Å². The lowest BCUT2D eigenvalue weighted by molar-refractivity contribution is 0.197. The Kier molecular flexibility index (Phi) is 6.07. The third kappa shape index (κ3) is 4.74. The van der Waals surface area contributed by atoms with Gasteiger partial charge in [0.05, 0.1) is 18.6 Å². The van der Waals surface area contributed by atoms with Gasteiger partial charge in [0.2, 0.25) is 0 Å². The van der Waals surface area contributed by atoms with E-state index in [4.69, 9.17) is 4.74 Å². The highest BCUT2D eigenvalue weighted by atomic mass is 16.5. The average Bonchev–Trinajstić information content (AvgIpc) is 2.64. The van der Waals surface area contributed by atoms with Crippen LogP contribution < -0.4 is 5.32 Å². The molecule has 0 unspecified atom stereocenters. The number of hydrogen-bond donors (Lipinski definition) is 1. The van der Waals surface area contributed by atoms with Crippen molar-refractivity contribution in [3.63, 3.8) is 0 Å². The highest BCUT2D eigenvalue weighted by Gasteiger charge is 2.02. The summed E-state index contributed by atoms with van der Waals surface area (Å²) in [7, 11) is 5.86. The number of aromatic nitrogens is 2. The van der Waals surface area contributed by atoms with E-state index in [1.54, 1.807) is 7.11 Å². The Morgan fingerprint density at radius 2 is 2.31 bits per heavy atom. The third-order valence-corrected chi connectivity index (χ3v) is 2.50. The fraction of sp³-hybridized carbons (Fsp3) is 0.727. The number of ether oxygens (including phenoxy) is 1. The average molecular weight is 226 g/mol. The number of nitrogens with zero attached hydrogens (tertiary/aromatic N) is 3. The second-order valence-corrected chi connectivity index (χ2v) is 3.98. The highest BCUT2D eigenvalue weighted by molar-refractivity contribution is 4.96. The summed E-state index contributed by atoms with van der Waals surface area (Å²) in [4.78, 5) is 6.37. The van der Waals surface area contributed by atoms with E-state index >= 15 is 0 Å². The van der Waals surface area contributed by atoms with E-state index in [2.05, 4.69) is 26.8 Å². The Bertz CT molecular complexity index is 287. The molecule has 0 amide bonds. The van der Waals surface area contributed by atoms with Gasteiger partial charge in [-0.3, -0.25) is 4.90 Å². The van der Waals surface area contributed by atoms with Gasteiger partial charge in [-0.15, -0.1) is 0 Å². The summed E-state index contributed by atoms with van der Waals surface area (Å²) in [6.07, 6.45) is 3.74. The van der Waals surface area contributed by atoms with Crippen molar-refractivity contribution < 1.29 is 4.74 Å². The molecule has 16 heavy (non-hydrogen) atoms. The molecule has 0 fully saturated rings. The van der Waals surface area contributed by atoms with Gasteiger partial charge in [-0.25, -0.2) is 4.98 Å².